The van der Waals surface area contributed by atoms with Gasteiger partial charge in [-0.25, -0.2) is 0 Å². The average molecular weight is 422 g/mol. The Balaban J connectivity index is 1.47. The van der Waals surface area contributed by atoms with E-state index in [1.54, 1.807) is 12.3 Å². The molecule has 154 valence electrons. The molecule has 0 amide bonds. The van der Waals surface area contributed by atoms with Gasteiger partial charge in [-0.15, -0.1) is 0 Å². The van der Waals surface area contributed by atoms with Gasteiger partial charge in [0.15, 0.2) is 0 Å². The third-order valence-electron chi connectivity index (χ3n) is 5.96. The van der Waals surface area contributed by atoms with Crippen LogP contribution in [0.4, 0.5) is 0 Å². The minimum Gasteiger partial charge on any atom is -0.456 e. The van der Waals surface area contributed by atoms with Crippen LogP contribution >= 0.6 is 0 Å². The number of benzene rings is 4. The Morgan fingerprint density at radius 3 is 1.94 bits per heavy atom. The lowest BCUT2D eigenvalue weighted by molar-refractivity contribution is 0.669. The third-order valence-corrected chi connectivity index (χ3v) is 5.96. The van der Waals surface area contributed by atoms with Gasteiger partial charge in [0.1, 0.15) is 11.2 Å². The van der Waals surface area contributed by atoms with Crippen molar-refractivity contribution in [2.45, 2.75) is 0 Å². The Labute approximate surface area is 191 Å². The lowest BCUT2D eigenvalue weighted by Gasteiger charge is -2.06. The Morgan fingerprint density at radius 2 is 1.21 bits per heavy atom. The molecule has 0 aliphatic rings. The van der Waals surface area contributed by atoms with Crippen LogP contribution in [0.3, 0.4) is 0 Å². The summed E-state index contributed by atoms with van der Waals surface area (Å²) in [4.78, 5) is 4.45. The quantitative estimate of drug-likeness (QED) is 0.292. The van der Waals surface area contributed by atoms with Gasteiger partial charge in [-0.1, -0.05) is 60.7 Å². The van der Waals surface area contributed by atoms with Gasteiger partial charge < -0.3 is 4.42 Å². The number of pyridine rings is 1. The minimum atomic E-state index is 0.603. The highest BCUT2D eigenvalue weighted by Crippen LogP contribution is 2.35. The molecule has 3 heteroatoms. The van der Waals surface area contributed by atoms with Crippen LogP contribution in [0, 0.1) is 11.3 Å². The zero-order valence-corrected chi connectivity index (χ0v) is 17.7. The summed E-state index contributed by atoms with van der Waals surface area (Å²) < 4.78 is 6.11. The number of aromatic nitrogens is 1. The van der Waals surface area contributed by atoms with E-state index in [2.05, 4.69) is 71.7 Å². The summed E-state index contributed by atoms with van der Waals surface area (Å²) in [6.45, 7) is 0. The summed E-state index contributed by atoms with van der Waals surface area (Å²) in [5.74, 6) is 0. The van der Waals surface area contributed by atoms with Crippen LogP contribution in [0.1, 0.15) is 5.56 Å². The molecule has 2 aromatic heterocycles. The van der Waals surface area contributed by atoms with Crippen LogP contribution in [0.25, 0.3) is 55.4 Å². The van der Waals surface area contributed by atoms with Crippen molar-refractivity contribution in [1.29, 1.82) is 5.26 Å². The van der Waals surface area contributed by atoms with Crippen molar-refractivity contribution in [3.63, 3.8) is 0 Å². The van der Waals surface area contributed by atoms with Gasteiger partial charge in [-0.05, 0) is 64.7 Å². The predicted molar refractivity (Wildman–Crippen MR) is 133 cm³/mol. The smallest absolute Gasteiger partial charge is 0.135 e. The van der Waals surface area contributed by atoms with Crippen molar-refractivity contribution in [3.8, 4) is 39.6 Å². The van der Waals surface area contributed by atoms with Crippen molar-refractivity contribution in [3.05, 3.63) is 115 Å². The molecule has 4 aromatic carbocycles. The standard InChI is InChI=1S/C30H18N2O/c31-19-20-13-14-32-28(15-20)25-8-4-7-22(16-25)24-10-12-30-27(18-24)26-17-23(9-11-29(26)33-30)21-5-2-1-3-6-21/h1-18H. The average Bonchev–Trinajstić information content (AvgIpc) is 3.26. The van der Waals surface area contributed by atoms with Crippen molar-refractivity contribution in [2.24, 2.45) is 0 Å². The van der Waals surface area contributed by atoms with E-state index in [0.717, 1.165) is 44.3 Å². The van der Waals surface area contributed by atoms with Gasteiger partial charge in [0.2, 0.25) is 0 Å². The Morgan fingerprint density at radius 1 is 0.576 bits per heavy atom. The number of nitriles is 1. The zero-order chi connectivity index (χ0) is 22.2. The first kappa shape index (κ1) is 19.0. The molecule has 33 heavy (non-hydrogen) atoms. The molecule has 0 aliphatic heterocycles. The van der Waals surface area contributed by atoms with Crippen LogP contribution in [0.2, 0.25) is 0 Å². The number of furan rings is 1. The summed E-state index contributed by atoms with van der Waals surface area (Å²) in [6, 6.07) is 37.0. The SMILES string of the molecule is N#Cc1ccnc(-c2cccc(-c3ccc4oc5ccc(-c6ccccc6)cc5c4c3)c2)c1. The van der Waals surface area contributed by atoms with E-state index >= 15 is 0 Å². The molecule has 0 saturated carbocycles. The van der Waals surface area contributed by atoms with Crippen molar-refractivity contribution >= 4 is 21.9 Å². The van der Waals surface area contributed by atoms with Gasteiger partial charge >= 0.3 is 0 Å². The number of hydrogen-bond donors (Lipinski definition) is 0. The highest BCUT2D eigenvalue weighted by molar-refractivity contribution is 6.07. The molecular formula is C30H18N2O. The van der Waals surface area contributed by atoms with Gasteiger partial charge in [0.25, 0.3) is 0 Å². The summed E-state index contributed by atoms with van der Waals surface area (Å²) >= 11 is 0. The van der Waals surface area contributed by atoms with E-state index in [1.807, 2.05) is 36.4 Å². The highest BCUT2D eigenvalue weighted by Gasteiger charge is 2.11. The first-order valence-corrected chi connectivity index (χ1v) is 10.8. The molecule has 0 atom stereocenters. The summed E-state index contributed by atoms with van der Waals surface area (Å²) in [6.07, 6.45) is 1.68. The summed E-state index contributed by atoms with van der Waals surface area (Å²) in [5, 5.41) is 11.4. The van der Waals surface area contributed by atoms with Crippen LogP contribution in [0.15, 0.2) is 114 Å². The maximum Gasteiger partial charge on any atom is 0.135 e. The molecule has 0 radical (unpaired) electrons. The van der Waals surface area contributed by atoms with Gasteiger partial charge in [-0.3, -0.25) is 4.98 Å². The van der Waals surface area contributed by atoms with E-state index in [9.17, 15) is 5.26 Å². The lowest BCUT2D eigenvalue weighted by atomic mass is 9.98. The molecular weight excluding hydrogens is 404 g/mol. The fourth-order valence-corrected chi connectivity index (χ4v) is 4.28. The Hall–Kier alpha value is -4.68. The molecule has 6 aromatic rings. The normalized spacial score (nSPS) is 11.0. The number of fused-ring (bicyclic) bond motifs is 3. The first-order chi connectivity index (χ1) is 16.3. The van der Waals surface area contributed by atoms with Gasteiger partial charge in [0.05, 0.1) is 17.3 Å². The van der Waals surface area contributed by atoms with Crippen LogP contribution in [-0.2, 0) is 0 Å². The molecule has 0 spiro atoms. The Kier molecular flexibility index (Phi) is 4.49. The lowest BCUT2D eigenvalue weighted by Crippen LogP contribution is -1.86. The van der Waals surface area contributed by atoms with E-state index in [0.29, 0.717) is 5.56 Å². The van der Waals surface area contributed by atoms with Gasteiger partial charge in [-0.2, -0.15) is 5.26 Å². The molecule has 0 saturated heterocycles. The predicted octanol–water partition coefficient (Wildman–Crippen LogP) is 7.85. The largest absolute Gasteiger partial charge is 0.456 e. The summed E-state index contributed by atoms with van der Waals surface area (Å²) in [7, 11) is 0. The monoisotopic (exact) mass is 422 g/mol. The molecule has 2 heterocycles. The summed E-state index contributed by atoms with van der Waals surface area (Å²) in [5.41, 5.74) is 8.68. The molecule has 0 bridgehead atoms. The second-order valence-corrected chi connectivity index (χ2v) is 8.01. The van der Waals surface area contributed by atoms with E-state index in [4.69, 9.17) is 4.42 Å². The maximum atomic E-state index is 9.21. The molecule has 0 aliphatic carbocycles. The number of rotatable bonds is 3. The topological polar surface area (TPSA) is 49.8 Å². The van der Waals surface area contributed by atoms with E-state index in [1.165, 1.54) is 11.1 Å². The second-order valence-electron chi connectivity index (χ2n) is 8.01. The Bertz CT molecular complexity index is 1670. The van der Waals surface area contributed by atoms with E-state index < -0.39 is 0 Å². The maximum absolute atomic E-state index is 9.21. The van der Waals surface area contributed by atoms with Crippen LogP contribution in [-0.4, -0.2) is 4.98 Å². The van der Waals surface area contributed by atoms with Crippen LogP contribution < -0.4 is 0 Å². The molecule has 0 N–H and O–H groups in total. The molecule has 0 fully saturated rings. The second kappa shape index (κ2) is 7.78. The van der Waals surface area contributed by atoms with Crippen LogP contribution in [0.5, 0.6) is 0 Å². The number of nitrogens with zero attached hydrogens (tertiary/aromatic N) is 2. The van der Waals surface area contributed by atoms with Crippen molar-refractivity contribution in [1.82, 2.24) is 4.98 Å². The fraction of sp³-hybridized carbons (Fsp3) is 0. The molecule has 3 nitrogen and oxygen atoms in total. The van der Waals surface area contributed by atoms with Gasteiger partial charge in [0, 0.05) is 22.5 Å². The molecule has 6 rings (SSSR count). The zero-order valence-electron chi connectivity index (χ0n) is 17.7. The first-order valence-electron chi connectivity index (χ1n) is 10.8. The number of hydrogen-bond acceptors (Lipinski definition) is 3. The van der Waals surface area contributed by atoms with Crippen molar-refractivity contribution < 1.29 is 4.42 Å². The van der Waals surface area contributed by atoms with E-state index in [-0.39, 0.29) is 0 Å². The fourth-order valence-electron chi connectivity index (χ4n) is 4.28. The van der Waals surface area contributed by atoms with Crippen molar-refractivity contribution in [2.75, 3.05) is 0 Å². The molecule has 0 unspecified atom stereocenters. The minimum absolute atomic E-state index is 0.603. The third kappa shape index (κ3) is 3.44. The highest BCUT2D eigenvalue weighted by atomic mass is 16.3.